The smallest absolute Gasteiger partial charge is 0.152 e. The van der Waals surface area contributed by atoms with Crippen LogP contribution in [0.4, 0.5) is 5.82 Å². The van der Waals surface area contributed by atoms with Crippen molar-refractivity contribution in [3.8, 4) is 17.0 Å². The molecule has 0 radical (unpaired) electrons. The average Bonchev–Trinajstić information content (AvgIpc) is 2.81. The molecule has 4 rings (SSSR count). The van der Waals surface area contributed by atoms with Gasteiger partial charge in [-0.05, 0) is 43.9 Å². The van der Waals surface area contributed by atoms with E-state index in [4.69, 9.17) is 10.5 Å². The third-order valence-electron chi connectivity index (χ3n) is 4.62. The molecule has 5 heteroatoms. The number of nitrogens with zero attached hydrogens (tertiary/aromatic N) is 2. The summed E-state index contributed by atoms with van der Waals surface area (Å²) in [5, 5.41) is 18.5. The van der Waals surface area contributed by atoms with Gasteiger partial charge in [0.2, 0.25) is 0 Å². The Hall–Kier alpha value is -2.14. The number of fused-ring (bicyclic) bond motifs is 2. The minimum atomic E-state index is -0.260. The molecule has 5 nitrogen and oxygen atoms in total. The summed E-state index contributed by atoms with van der Waals surface area (Å²) in [6.45, 7) is 2.42. The molecule has 1 aliphatic heterocycles. The van der Waals surface area contributed by atoms with Gasteiger partial charge >= 0.3 is 0 Å². The van der Waals surface area contributed by atoms with E-state index in [2.05, 4.69) is 10.2 Å². The molecule has 3 N–H and O–H groups in total. The zero-order valence-corrected chi connectivity index (χ0v) is 11.9. The van der Waals surface area contributed by atoms with Crippen molar-refractivity contribution in [1.82, 2.24) is 10.2 Å². The highest BCUT2D eigenvalue weighted by Gasteiger charge is 2.48. The first-order valence-electron chi connectivity index (χ1n) is 7.20. The highest BCUT2D eigenvalue weighted by molar-refractivity contribution is 5.73. The van der Waals surface area contributed by atoms with Crippen LogP contribution in [0.1, 0.15) is 36.0 Å². The van der Waals surface area contributed by atoms with E-state index in [-0.39, 0.29) is 11.4 Å². The van der Waals surface area contributed by atoms with Crippen LogP contribution in [0.25, 0.3) is 11.3 Å². The van der Waals surface area contributed by atoms with Crippen molar-refractivity contribution in [2.24, 2.45) is 0 Å². The Morgan fingerprint density at radius 1 is 1.29 bits per heavy atom. The molecule has 0 bridgehead atoms. The van der Waals surface area contributed by atoms with Gasteiger partial charge in [-0.3, -0.25) is 0 Å². The van der Waals surface area contributed by atoms with Crippen LogP contribution in [0.15, 0.2) is 18.2 Å². The number of rotatable bonds is 1. The zero-order chi connectivity index (χ0) is 14.6. The fourth-order valence-corrected chi connectivity index (χ4v) is 3.37. The summed E-state index contributed by atoms with van der Waals surface area (Å²) in [5.41, 5.74) is 10.1. The number of aryl methyl sites for hydroxylation is 1. The highest BCUT2D eigenvalue weighted by Crippen LogP contribution is 2.53. The number of hydrogen-bond acceptors (Lipinski definition) is 5. The number of aromatic hydroxyl groups is 1. The number of anilines is 1. The predicted octanol–water partition coefficient (Wildman–Crippen LogP) is 2.65. The van der Waals surface area contributed by atoms with Crippen molar-refractivity contribution in [2.45, 2.75) is 38.4 Å². The molecule has 2 heterocycles. The van der Waals surface area contributed by atoms with Gasteiger partial charge in [0, 0.05) is 16.7 Å². The minimum Gasteiger partial charge on any atom is -0.507 e. The fraction of sp³-hybridized carbons (Fsp3) is 0.375. The van der Waals surface area contributed by atoms with Gasteiger partial charge in [-0.1, -0.05) is 6.07 Å². The summed E-state index contributed by atoms with van der Waals surface area (Å²) in [6, 6.07) is 5.56. The number of ether oxygens (including phenoxy) is 1. The summed E-state index contributed by atoms with van der Waals surface area (Å²) in [7, 11) is 0. The van der Waals surface area contributed by atoms with Crippen LogP contribution in [-0.4, -0.2) is 15.3 Å². The number of benzene rings is 1. The van der Waals surface area contributed by atoms with Gasteiger partial charge in [0.05, 0.1) is 12.2 Å². The number of aromatic nitrogens is 2. The Bertz CT molecular complexity index is 739. The van der Waals surface area contributed by atoms with Crippen molar-refractivity contribution in [3.63, 3.8) is 0 Å². The Morgan fingerprint density at radius 2 is 2.10 bits per heavy atom. The second kappa shape index (κ2) is 4.18. The van der Waals surface area contributed by atoms with E-state index in [0.29, 0.717) is 23.7 Å². The molecule has 1 aromatic carbocycles. The van der Waals surface area contributed by atoms with Crippen molar-refractivity contribution in [1.29, 1.82) is 0 Å². The minimum absolute atomic E-state index is 0.214. The molecule has 108 valence electrons. The number of nitrogen functional groups attached to an aromatic ring is 1. The topological polar surface area (TPSA) is 81.3 Å². The average molecular weight is 283 g/mol. The van der Waals surface area contributed by atoms with E-state index < -0.39 is 0 Å². The van der Waals surface area contributed by atoms with Crippen LogP contribution in [0, 0.1) is 6.92 Å². The molecule has 2 aromatic rings. The predicted molar refractivity (Wildman–Crippen MR) is 78.6 cm³/mol. The van der Waals surface area contributed by atoms with E-state index in [1.807, 2.05) is 19.1 Å². The van der Waals surface area contributed by atoms with Crippen molar-refractivity contribution < 1.29 is 9.84 Å². The third-order valence-corrected chi connectivity index (χ3v) is 4.62. The Balaban J connectivity index is 1.92. The quantitative estimate of drug-likeness (QED) is 0.841. The first-order valence-corrected chi connectivity index (χ1v) is 7.20. The maximum atomic E-state index is 10.2. The van der Waals surface area contributed by atoms with Crippen LogP contribution in [-0.2, 0) is 16.9 Å². The van der Waals surface area contributed by atoms with Gasteiger partial charge in [0.25, 0.3) is 0 Å². The SMILES string of the molecule is Cc1ccc(-c2nnc(N)c3c2COC32CCC2)c(O)c1. The molecular weight excluding hydrogens is 266 g/mol. The van der Waals surface area contributed by atoms with Crippen LogP contribution in [0.2, 0.25) is 0 Å². The molecule has 1 fully saturated rings. The van der Waals surface area contributed by atoms with E-state index in [0.717, 1.165) is 36.0 Å². The summed E-state index contributed by atoms with van der Waals surface area (Å²) >= 11 is 0. The lowest BCUT2D eigenvalue weighted by atomic mass is 9.74. The monoisotopic (exact) mass is 283 g/mol. The van der Waals surface area contributed by atoms with Gasteiger partial charge < -0.3 is 15.6 Å². The fourth-order valence-electron chi connectivity index (χ4n) is 3.37. The highest BCUT2D eigenvalue weighted by atomic mass is 16.5. The van der Waals surface area contributed by atoms with Crippen LogP contribution >= 0.6 is 0 Å². The van der Waals surface area contributed by atoms with E-state index >= 15 is 0 Å². The standard InChI is InChI=1S/C16H17N3O2/c1-9-3-4-10(12(20)7-9)14-11-8-21-16(5-2-6-16)13(11)15(17)19-18-14/h3-4,7,20H,2,5-6,8H2,1H3,(H2,17,19). The number of phenols is 1. The van der Waals surface area contributed by atoms with Crippen LogP contribution in [0.5, 0.6) is 5.75 Å². The van der Waals surface area contributed by atoms with Gasteiger partial charge in [-0.25, -0.2) is 0 Å². The largest absolute Gasteiger partial charge is 0.507 e. The Morgan fingerprint density at radius 3 is 2.76 bits per heavy atom. The van der Waals surface area contributed by atoms with E-state index in [9.17, 15) is 5.11 Å². The molecule has 0 saturated heterocycles. The maximum Gasteiger partial charge on any atom is 0.152 e. The lowest BCUT2D eigenvalue weighted by molar-refractivity contribution is -0.0940. The maximum absolute atomic E-state index is 10.2. The number of nitrogens with two attached hydrogens (primary N) is 1. The molecule has 0 unspecified atom stereocenters. The summed E-state index contributed by atoms with van der Waals surface area (Å²) in [4.78, 5) is 0. The van der Waals surface area contributed by atoms with Gasteiger partial charge in [0.15, 0.2) is 5.82 Å². The van der Waals surface area contributed by atoms with E-state index in [1.165, 1.54) is 0 Å². The first kappa shape index (κ1) is 12.6. The second-order valence-corrected chi connectivity index (χ2v) is 5.94. The van der Waals surface area contributed by atoms with Crippen LogP contribution in [0.3, 0.4) is 0 Å². The molecule has 0 amide bonds. The molecule has 21 heavy (non-hydrogen) atoms. The summed E-state index contributed by atoms with van der Waals surface area (Å²) in [5.74, 6) is 0.670. The van der Waals surface area contributed by atoms with Gasteiger partial charge in [0.1, 0.15) is 11.4 Å². The molecule has 1 saturated carbocycles. The van der Waals surface area contributed by atoms with E-state index in [1.54, 1.807) is 6.07 Å². The third kappa shape index (κ3) is 1.67. The second-order valence-electron chi connectivity index (χ2n) is 5.94. The molecule has 2 aliphatic rings. The molecule has 0 atom stereocenters. The van der Waals surface area contributed by atoms with Gasteiger partial charge in [-0.15, -0.1) is 10.2 Å². The normalized spacial score (nSPS) is 18.5. The van der Waals surface area contributed by atoms with Crippen LogP contribution < -0.4 is 5.73 Å². The molecule has 1 aliphatic carbocycles. The van der Waals surface area contributed by atoms with Crippen molar-refractivity contribution >= 4 is 5.82 Å². The van der Waals surface area contributed by atoms with Gasteiger partial charge in [-0.2, -0.15) is 0 Å². The zero-order valence-electron chi connectivity index (χ0n) is 11.9. The van der Waals surface area contributed by atoms with Crippen molar-refractivity contribution in [2.75, 3.05) is 5.73 Å². The first-order chi connectivity index (χ1) is 10.1. The lowest BCUT2D eigenvalue weighted by Crippen LogP contribution is -2.34. The molecular formula is C16H17N3O2. The Kier molecular flexibility index (Phi) is 2.50. The van der Waals surface area contributed by atoms with Crippen molar-refractivity contribution in [3.05, 3.63) is 34.9 Å². The molecule has 1 spiro atoms. The lowest BCUT2D eigenvalue weighted by Gasteiger charge is -2.38. The summed E-state index contributed by atoms with van der Waals surface area (Å²) < 4.78 is 6.01. The number of hydrogen-bond donors (Lipinski definition) is 2. The summed E-state index contributed by atoms with van der Waals surface area (Å²) in [6.07, 6.45) is 3.11. The Labute approximate surface area is 122 Å². The number of phenolic OH excluding ortho intramolecular Hbond substituents is 1. The molecule has 1 aromatic heterocycles.